The third-order valence-corrected chi connectivity index (χ3v) is 4.52. The highest BCUT2D eigenvalue weighted by atomic mass is 32.2. The zero-order chi connectivity index (χ0) is 12.7. The van der Waals surface area contributed by atoms with Crippen molar-refractivity contribution in [3.63, 3.8) is 0 Å². The van der Waals surface area contributed by atoms with Crippen LogP contribution in [0.2, 0.25) is 0 Å². The maximum absolute atomic E-state index is 12.8. The molecule has 0 spiro atoms. The number of aliphatic imine (C=N–C) groups is 1. The topological polar surface area (TPSA) is 24.4 Å². The Balaban J connectivity index is 2.13. The molecule has 0 amide bonds. The van der Waals surface area contributed by atoms with Gasteiger partial charge in [0.15, 0.2) is 10.7 Å². The Hall–Kier alpha value is -0.390. The first-order valence-electron chi connectivity index (χ1n) is 5.88. The zero-order valence-electron chi connectivity index (χ0n) is 10.0. The van der Waals surface area contributed by atoms with Gasteiger partial charge >= 0.3 is 6.18 Å². The van der Waals surface area contributed by atoms with Crippen molar-refractivity contribution in [3.05, 3.63) is 0 Å². The first-order valence-corrected chi connectivity index (χ1v) is 6.86. The van der Waals surface area contributed by atoms with Gasteiger partial charge in [-0.3, -0.25) is 0 Å². The van der Waals surface area contributed by atoms with E-state index in [2.05, 4.69) is 10.3 Å². The molecule has 1 atom stereocenters. The summed E-state index contributed by atoms with van der Waals surface area (Å²) in [5.74, 6) is 0.837. The van der Waals surface area contributed by atoms with Crippen LogP contribution in [-0.4, -0.2) is 28.2 Å². The molecule has 98 valence electrons. The predicted molar refractivity (Wildman–Crippen MR) is 64.4 cm³/mol. The maximum Gasteiger partial charge on any atom is 0.413 e. The summed E-state index contributed by atoms with van der Waals surface area (Å²) in [6.07, 6.45) is -2.09. The Morgan fingerprint density at radius 2 is 2.00 bits per heavy atom. The molecule has 1 heterocycles. The Morgan fingerprint density at radius 3 is 2.47 bits per heavy atom. The largest absolute Gasteiger partial charge is 0.413 e. The van der Waals surface area contributed by atoms with Gasteiger partial charge in [0.05, 0.1) is 0 Å². The summed E-state index contributed by atoms with van der Waals surface area (Å²) in [4.78, 5) is 3.94. The molecule has 0 aromatic heterocycles. The number of hydrogen-bond donors (Lipinski definition) is 1. The third-order valence-electron chi connectivity index (χ3n) is 3.65. The molecule has 1 unspecified atom stereocenters. The van der Waals surface area contributed by atoms with E-state index in [0.717, 1.165) is 18.6 Å². The normalized spacial score (nSPS) is 34.5. The number of rotatable bonds is 2. The van der Waals surface area contributed by atoms with Crippen molar-refractivity contribution >= 4 is 16.9 Å². The Bertz CT molecular complexity index is 336. The van der Waals surface area contributed by atoms with Gasteiger partial charge in [-0.25, -0.2) is 4.99 Å². The van der Waals surface area contributed by atoms with Crippen molar-refractivity contribution in [1.29, 1.82) is 0 Å². The van der Waals surface area contributed by atoms with Crippen LogP contribution in [0.4, 0.5) is 13.2 Å². The van der Waals surface area contributed by atoms with Crippen LogP contribution in [0.15, 0.2) is 4.99 Å². The maximum atomic E-state index is 12.8. The molecule has 1 aliphatic heterocycles. The lowest BCUT2D eigenvalue weighted by Gasteiger charge is -2.35. The monoisotopic (exact) mass is 266 g/mol. The molecule has 0 bridgehead atoms. The summed E-state index contributed by atoms with van der Waals surface area (Å²) in [7, 11) is 0. The number of nitrogens with one attached hydrogen (secondary N) is 1. The average Bonchev–Trinajstić information content (AvgIpc) is 2.98. The van der Waals surface area contributed by atoms with E-state index in [4.69, 9.17) is 0 Å². The van der Waals surface area contributed by atoms with E-state index in [1.165, 1.54) is 11.8 Å². The van der Waals surface area contributed by atoms with Gasteiger partial charge in [-0.05, 0) is 32.6 Å². The van der Waals surface area contributed by atoms with Gasteiger partial charge in [-0.1, -0.05) is 18.7 Å². The van der Waals surface area contributed by atoms with Gasteiger partial charge in [-0.2, -0.15) is 13.2 Å². The summed E-state index contributed by atoms with van der Waals surface area (Å²) in [5.41, 5.74) is -1.89. The van der Waals surface area contributed by atoms with E-state index in [1.807, 2.05) is 13.8 Å². The van der Waals surface area contributed by atoms with Crippen LogP contribution in [0.25, 0.3) is 0 Å². The van der Waals surface area contributed by atoms with E-state index < -0.39 is 11.7 Å². The Kier molecular flexibility index (Phi) is 3.13. The van der Waals surface area contributed by atoms with Gasteiger partial charge in [0.2, 0.25) is 0 Å². The van der Waals surface area contributed by atoms with Gasteiger partial charge in [-0.15, -0.1) is 0 Å². The minimum absolute atomic E-state index is 0.105. The lowest BCUT2D eigenvalue weighted by Crippen LogP contribution is -2.49. The molecule has 0 radical (unpaired) electrons. The minimum Gasteiger partial charge on any atom is -0.360 e. The van der Waals surface area contributed by atoms with Crippen LogP contribution in [0.5, 0.6) is 0 Å². The fraction of sp³-hybridized carbons (Fsp3) is 0.909. The summed E-state index contributed by atoms with van der Waals surface area (Å²) >= 11 is 1.40. The van der Waals surface area contributed by atoms with Gasteiger partial charge in [0.1, 0.15) is 0 Å². The molecule has 0 aromatic rings. The number of alkyl halides is 3. The summed E-state index contributed by atoms with van der Waals surface area (Å²) in [6.45, 7) is 4.08. The lowest BCUT2D eigenvalue weighted by atomic mass is 9.96. The first kappa shape index (κ1) is 13.1. The standard InChI is InChI=1S/C11H17F3N2S/c1-3-9(2)6-7-17-8(15-9)16-10(4-5-10)11(12,13)14/h3-7H2,1-2H3,(H,15,16). The van der Waals surface area contributed by atoms with Crippen molar-refractivity contribution in [3.8, 4) is 0 Å². The molecular formula is C11H17F3N2S. The molecule has 1 saturated heterocycles. The van der Waals surface area contributed by atoms with E-state index in [1.54, 1.807) is 0 Å². The SMILES string of the molecule is CCC1(C)CCSC(=NC2(C(F)(F)F)CC2)N1. The van der Waals surface area contributed by atoms with Gasteiger partial charge in [0.25, 0.3) is 0 Å². The second-order valence-corrected chi connectivity index (χ2v) is 6.17. The predicted octanol–water partition coefficient (Wildman–Crippen LogP) is 3.33. The van der Waals surface area contributed by atoms with Crippen molar-refractivity contribution < 1.29 is 13.2 Å². The molecular weight excluding hydrogens is 249 g/mol. The quantitative estimate of drug-likeness (QED) is 0.829. The highest BCUT2D eigenvalue weighted by Gasteiger charge is 2.64. The number of nitrogens with zero attached hydrogens (tertiary/aromatic N) is 1. The number of hydrogen-bond acceptors (Lipinski definition) is 2. The van der Waals surface area contributed by atoms with Crippen LogP contribution >= 0.6 is 11.8 Å². The van der Waals surface area contributed by atoms with Crippen molar-refractivity contribution in [2.45, 2.75) is 56.8 Å². The number of amidine groups is 1. The van der Waals surface area contributed by atoms with Crippen LogP contribution in [0.1, 0.15) is 39.5 Å². The summed E-state index contributed by atoms with van der Waals surface area (Å²) in [6, 6.07) is 0. The van der Waals surface area contributed by atoms with E-state index >= 15 is 0 Å². The minimum atomic E-state index is -4.21. The molecule has 17 heavy (non-hydrogen) atoms. The van der Waals surface area contributed by atoms with Crippen LogP contribution in [-0.2, 0) is 0 Å². The number of thioether (sulfide) groups is 1. The molecule has 0 aromatic carbocycles. The van der Waals surface area contributed by atoms with Crippen molar-refractivity contribution in [1.82, 2.24) is 5.32 Å². The molecule has 2 rings (SSSR count). The van der Waals surface area contributed by atoms with Crippen LogP contribution < -0.4 is 5.32 Å². The average molecular weight is 266 g/mol. The van der Waals surface area contributed by atoms with E-state index in [0.29, 0.717) is 5.17 Å². The lowest BCUT2D eigenvalue weighted by molar-refractivity contribution is -0.155. The molecule has 1 N–H and O–H groups in total. The van der Waals surface area contributed by atoms with Crippen LogP contribution in [0.3, 0.4) is 0 Å². The third kappa shape index (κ3) is 2.56. The second-order valence-electron chi connectivity index (χ2n) is 5.08. The van der Waals surface area contributed by atoms with E-state index in [9.17, 15) is 13.2 Å². The Labute approximate surface area is 103 Å². The van der Waals surface area contributed by atoms with Crippen LogP contribution in [0, 0.1) is 0 Å². The van der Waals surface area contributed by atoms with Crippen molar-refractivity contribution in [2.24, 2.45) is 4.99 Å². The molecule has 1 saturated carbocycles. The smallest absolute Gasteiger partial charge is 0.360 e. The first-order chi connectivity index (χ1) is 7.80. The summed E-state index contributed by atoms with van der Waals surface area (Å²) < 4.78 is 38.3. The summed E-state index contributed by atoms with van der Waals surface area (Å²) in [5, 5.41) is 3.63. The highest BCUT2D eigenvalue weighted by Crippen LogP contribution is 2.52. The Morgan fingerprint density at radius 1 is 1.35 bits per heavy atom. The fourth-order valence-electron chi connectivity index (χ4n) is 1.83. The molecule has 2 fully saturated rings. The van der Waals surface area contributed by atoms with Gasteiger partial charge < -0.3 is 5.32 Å². The fourth-order valence-corrected chi connectivity index (χ4v) is 3.13. The molecule has 2 aliphatic rings. The highest BCUT2D eigenvalue weighted by molar-refractivity contribution is 8.13. The van der Waals surface area contributed by atoms with Gasteiger partial charge in [0, 0.05) is 11.3 Å². The number of halogens is 3. The molecule has 1 aliphatic carbocycles. The van der Waals surface area contributed by atoms with Crippen molar-refractivity contribution in [2.75, 3.05) is 5.75 Å². The van der Waals surface area contributed by atoms with E-state index in [-0.39, 0.29) is 18.4 Å². The molecule has 2 nitrogen and oxygen atoms in total. The zero-order valence-corrected chi connectivity index (χ0v) is 10.8. The second kappa shape index (κ2) is 4.07. The molecule has 6 heteroatoms.